The number of likely N-dealkylation sites (N-methyl/N-ethyl adjacent to an activating group) is 2. The van der Waals surface area contributed by atoms with Crippen molar-refractivity contribution in [1.29, 1.82) is 0 Å². The van der Waals surface area contributed by atoms with Crippen molar-refractivity contribution in [2.75, 3.05) is 65.9 Å². The highest BCUT2D eigenvalue weighted by atomic mass is 32.2. The highest BCUT2D eigenvalue weighted by Gasteiger charge is 2.38. The van der Waals surface area contributed by atoms with Crippen LogP contribution >= 0.6 is 0 Å². The number of hydrogen-bond acceptors (Lipinski definition) is 6. The van der Waals surface area contributed by atoms with E-state index in [4.69, 9.17) is 0 Å². The smallest absolute Gasteiger partial charge is 0.312 e. The first-order valence-electron chi connectivity index (χ1n) is 9.22. The Morgan fingerprint density at radius 1 is 0.962 bits per heavy atom. The van der Waals surface area contributed by atoms with E-state index in [9.17, 15) is 18.0 Å². The van der Waals surface area contributed by atoms with E-state index in [0.29, 0.717) is 19.5 Å². The number of likely N-dealkylation sites (tertiary alicyclic amines) is 1. The molecule has 2 fully saturated rings. The van der Waals surface area contributed by atoms with Crippen LogP contribution < -0.4 is 0 Å². The van der Waals surface area contributed by atoms with Crippen LogP contribution in [-0.4, -0.2) is 118 Å². The lowest BCUT2D eigenvalue weighted by atomic mass is 10.0. The van der Waals surface area contributed by atoms with Crippen molar-refractivity contribution < 1.29 is 18.0 Å². The molecule has 150 valence electrons. The van der Waals surface area contributed by atoms with Crippen LogP contribution in [0.4, 0.5) is 0 Å². The fourth-order valence-corrected chi connectivity index (χ4v) is 5.33. The summed E-state index contributed by atoms with van der Waals surface area (Å²) in [5.41, 5.74) is 0. The van der Waals surface area contributed by atoms with Gasteiger partial charge in [-0.1, -0.05) is 0 Å². The highest BCUT2D eigenvalue weighted by molar-refractivity contribution is 7.91. The molecule has 0 aromatic carbocycles. The van der Waals surface area contributed by atoms with Crippen LogP contribution in [0.5, 0.6) is 0 Å². The molecule has 0 bridgehead atoms. The summed E-state index contributed by atoms with van der Waals surface area (Å²) in [5, 5.41) is 0. The molecule has 1 unspecified atom stereocenters. The van der Waals surface area contributed by atoms with Crippen molar-refractivity contribution in [3.63, 3.8) is 0 Å². The molecule has 2 heterocycles. The van der Waals surface area contributed by atoms with Crippen LogP contribution in [0.3, 0.4) is 0 Å². The Hall–Kier alpha value is -1.19. The molecule has 2 rings (SSSR count). The van der Waals surface area contributed by atoms with E-state index in [2.05, 4.69) is 4.90 Å². The van der Waals surface area contributed by atoms with Gasteiger partial charge >= 0.3 is 11.8 Å². The lowest BCUT2D eigenvalue weighted by molar-refractivity contribution is -0.154. The van der Waals surface area contributed by atoms with Crippen LogP contribution in [0.1, 0.15) is 19.3 Å². The second-order valence-corrected chi connectivity index (χ2v) is 10.0. The number of piperidine rings is 1. The van der Waals surface area contributed by atoms with E-state index in [1.54, 1.807) is 11.9 Å². The molecular formula is C17H32N4O4S. The molecule has 0 aliphatic carbocycles. The maximum Gasteiger partial charge on any atom is 0.312 e. The minimum atomic E-state index is -3.12. The second kappa shape index (κ2) is 8.67. The number of rotatable bonds is 5. The molecule has 2 amide bonds. The number of amides is 2. The minimum absolute atomic E-state index is 0.0443. The number of hydrogen-bond donors (Lipinski definition) is 0. The van der Waals surface area contributed by atoms with Gasteiger partial charge in [0.15, 0.2) is 9.84 Å². The quantitative estimate of drug-likeness (QED) is 0.569. The molecule has 0 radical (unpaired) electrons. The van der Waals surface area contributed by atoms with E-state index in [-0.39, 0.29) is 17.5 Å². The third kappa shape index (κ3) is 5.40. The van der Waals surface area contributed by atoms with Gasteiger partial charge in [0.05, 0.1) is 11.5 Å². The number of carbonyl (C=O) groups excluding carboxylic acids is 2. The van der Waals surface area contributed by atoms with Crippen LogP contribution in [0.25, 0.3) is 0 Å². The Kier molecular flexibility index (Phi) is 7.04. The van der Waals surface area contributed by atoms with E-state index >= 15 is 0 Å². The molecule has 0 N–H and O–H groups in total. The Balaban J connectivity index is 2.07. The predicted molar refractivity (Wildman–Crippen MR) is 101 cm³/mol. The fraction of sp³-hybridized carbons (Fsp3) is 0.882. The highest BCUT2D eigenvalue weighted by Crippen LogP contribution is 2.20. The topological polar surface area (TPSA) is 81.2 Å². The Morgan fingerprint density at radius 2 is 1.58 bits per heavy atom. The summed E-state index contributed by atoms with van der Waals surface area (Å²) in [6.45, 7) is 2.76. The van der Waals surface area contributed by atoms with Gasteiger partial charge in [-0.25, -0.2) is 8.42 Å². The van der Waals surface area contributed by atoms with Crippen LogP contribution in [0, 0.1) is 0 Å². The first kappa shape index (κ1) is 21.1. The Bertz CT molecular complexity index is 614. The molecule has 0 aromatic heterocycles. The maximum atomic E-state index is 12.9. The van der Waals surface area contributed by atoms with Gasteiger partial charge in [0.2, 0.25) is 0 Å². The van der Waals surface area contributed by atoms with Crippen molar-refractivity contribution in [1.82, 2.24) is 19.6 Å². The van der Waals surface area contributed by atoms with Gasteiger partial charge in [-0.3, -0.25) is 9.59 Å². The molecule has 2 aliphatic heterocycles. The van der Waals surface area contributed by atoms with Gasteiger partial charge in [-0.05, 0) is 53.5 Å². The number of sulfone groups is 1. The number of nitrogens with zero attached hydrogens (tertiary/aromatic N) is 4. The van der Waals surface area contributed by atoms with Gasteiger partial charge in [-0.2, -0.15) is 0 Å². The molecule has 0 spiro atoms. The zero-order chi connectivity index (χ0) is 19.5. The Labute approximate surface area is 157 Å². The van der Waals surface area contributed by atoms with Crippen molar-refractivity contribution in [2.24, 2.45) is 0 Å². The molecule has 26 heavy (non-hydrogen) atoms. The molecule has 2 aliphatic rings. The summed E-state index contributed by atoms with van der Waals surface area (Å²) in [4.78, 5) is 32.9. The van der Waals surface area contributed by atoms with Gasteiger partial charge in [0.1, 0.15) is 0 Å². The average Bonchev–Trinajstić information content (AvgIpc) is 2.93. The first-order valence-corrected chi connectivity index (χ1v) is 11.0. The summed E-state index contributed by atoms with van der Waals surface area (Å²) in [5.74, 6) is -1.06. The largest absolute Gasteiger partial charge is 0.334 e. The molecule has 9 heteroatoms. The predicted octanol–water partition coefficient (Wildman–Crippen LogP) is -0.884. The van der Waals surface area contributed by atoms with Crippen LogP contribution in [0.2, 0.25) is 0 Å². The van der Waals surface area contributed by atoms with Gasteiger partial charge in [-0.15, -0.1) is 0 Å². The Morgan fingerprint density at radius 3 is 2.08 bits per heavy atom. The van der Waals surface area contributed by atoms with Crippen molar-refractivity contribution >= 4 is 21.7 Å². The fourth-order valence-electron chi connectivity index (χ4n) is 3.60. The normalized spacial score (nSPS) is 24.0. The lowest BCUT2D eigenvalue weighted by Gasteiger charge is -2.36. The summed E-state index contributed by atoms with van der Waals surface area (Å²) in [6, 6.07) is -0.340. The molecule has 0 saturated carbocycles. The molecule has 8 nitrogen and oxygen atoms in total. The van der Waals surface area contributed by atoms with Crippen LogP contribution in [0.15, 0.2) is 0 Å². The van der Waals surface area contributed by atoms with Crippen molar-refractivity contribution in [3.05, 3.63) is 0 Å². The van der Waals surface area contributed by atoms with Gasteiger partial charge in [0, 0.05) is 32.2 Å². The second-order valence-electron chi connectivity index (χ2n) is 7.81. The maximum absolute atomic E-state index is 12.9. The van der Waals surface area contributed by atoms with E-state index in [0.717, 1.165) is 25.9 Å². The lowest BCUT2D eigenvalue weighted by Crippen LogP contribution is -2.53. The average molecular weight is 389 g/mol. The van der Waals surface area contributed by atoms with E-state index in [1.165, 1.54) is 4.90 Å². The molecule has 1 atom stereocenters. The standard InChI is InChI=1S/C17H32N4O4S/c1-18(2)10-11-21(15-7-12-26(24,25)13-15)17(23)16(22)20(4)14-5-8-19(3)9-6-14/h14-15H,5-13H2,1-4H3. The van der Waals surface area contributed by atoms with E-state index < -0.39 is 27.7 Å². The third-order valence-electron chi connectivity index (χ3n) is 5.44. The molecular weight excluding hydrogens is 356 g/mol. The molecule has 2 saturated heterocycles. The monoisotopic (exact) mass is 388 g/mol. The SMILES string of the molecule is CN(C)CCN(C(=O)C(=O)N(C)C1CCN(C)CC1)C1CCS(=O)(=O)C1. The number of carbonyl (C=O) groups is 2. The van der Waals surface area contributed by atoms with E-state index in [1.807, 2.05) is 26.0 Å². The van der Waals surface area contributed by atoms with Gasteiger partial charge < -0.3 is 19.6 Å². The van der Waals surface area contributed by atoms with Crippen molar-refractivity contribution in [2.45, 2.75) is 31.3 Å². The zero-order valence-corrected chi connectivity index (χ0v) is 17.2. The molecule has 0 aromatic rings. The van der Waals surface area contributed by atoms with Crippen molar-refractivity contribution in [3.8, 4) is 0 Å². The zero-order valence-electron chi connectivity index (χ0n) is 16.3. The minimum Gasteiger partial charge on any atom is -0.334 e. The summed E-state index contributed by atoms with van der Waals surface area (Å²) >= 11 is 0. The summed E-state index contributed by atoms with van der Waals surface area (Å²) in [7, 11) is 4.39. The summed E-state index contributed by atoms with van der Waals surface area (Å²) in [6.07, 6.45) is 2.11. The first-order chi connectivity index (χ1) is 12.1. The van der Waals surface area contributed by atoms with Crippen LogP contribution in [-0.2, 0) is 19.4 Å². The summed E-state index contributed by atoms with van der Waals surface area (Å²) < 4.78 is 23.7. The van der Waals surface area contributed by atoms with Gasteiger partial charge in [0.25, 0.3) is 0 Å². The third-order valence-corrected chi connectivity index (χ3v) is 7.19.